The van der Waals surface area contributed by atoms with E-state index in [0.29, 0.717) is 6.04 Å². The van der Waals surface area contributed by atoms with E-state index in [0.717, 1.165) is 25.7 Å². The van der Waals surface area contributed by atoms with Gasteiger partial charge in [-0.25, -0.2) is 0 Å². The lowest BCUT2D eigenvalue weighted by atomic mass is 9.80. The van der Waals surface area contributed by atoms with Crippen LogP contribution in [-0.2, 0) is 4.79 Å². The molecule has 0 unspecified atom stereocenters. The number of hydrogen-bond acceptors (Lipinski definition) is 3. The van der Waals surface area contributed by atoms with Crippen molar-refractivity contribution in [3.8, 4) is 0 Å². The summed E-state index contributed by atoms with van der Waals surface area (Å²) < 4.78 is 0. The van der Waals surface area contributed by atoms with Gasteiger partial charge in [-0.05, 0) is 38.5 Å². The molecule has 1 rings (SSSR count). The summed E-state index contributed by atoms with van der Waals surface area (Å²) in [7, 11) is 3.17. The van der Waals surface area contributed by atoms with Gasteiger partial charge in [-0.1, -0.05) is 0 Å². The van der Waals surface area contributed by atoms with Crippen LogP contribution in [0.15, 0.2) is 0 Å². The second-order valence-electron chi connectivity index (χ2n) is 4.62. The zero-order valence-corrected chi connectivity index (χ0v) is 9.86. The van der Waals surface area contributed by atoms with Gasteiger partial charge in [0.25, 0.3) is 0 Å². The maximum atomic E-state index is 11.7. The van der Waals surface area contributed by atoms with E-state index in [2.05, 4.69) is 5.23 Å². The van der Waals surface area contributed by atoms with Crippen molar-refractivity contribution in [2.75, 3.05) is 14.1 Å². The lowest BCUT2D eigenvalue weighted by Crippen LogP contribution is -2.43. The molecule has 0 aromatic rings. The summed E-state index contributed by atoms with van der Waals surface area (Å²) in [6, 6.07) is 0.371. The zero-order chi connectivity index (χ0) is 11.4. The summed E-state index contributed by atoms with van der Waals surface area (Å²) in [4.78, 5) is 13.4. The molecule has 0 radical (unpaired) electrons. The van der Waals surface area contributed by atoms with Crippen molar-refractivity contribution >= 4 is 13.0 Å². The number of carbonyl (C=O) groups is 1. The molecular weight excluding hydrogens is 191 g/mol. The van der Waals surface area contributed by atoms with Gasteiger partial charge in [-0.3, -0.25) is 4.79 Å². The van der Waals surface area contributed by atoms with Crippen molar-refractivity contribution in [3.63, 3.8) is 0 Å². The minimum absolute atomic E-state index is 0.187. The molecule has 0 aromatic carbocycles. The quantitative estimate of drug-likeness (QED) is 0.663. The third kappa shape index (κ3) is 3.84. The third-order valence-electron chi connectivity index (χ3n) is 2.99. The number of carbonyl (C=O) groups excluding carboxylic acids is 1. The average molecular weight is 212 g/mol. The molecule has 0 aliphatic heterocycles. The number of amides is 1. The molecular formula is C10H21BN2O2. The van der Waals surface area contributed by atoms with Gasteiger partial charge < -0.3 is 15.2 Å². The highest BCUT2D eigenvalue weighted by molar-refractivity contribution is 6.45. The monoisotopic (exact) mass is 212 g/mol. The lowest BCUT2D eigenvalue weighted by molar-refractivity contribution is -0.134. The minimum atomic E-state index is -0.448. The van der Waals surface area contributed by atoms with Gasteiger partial charge in [0.2, 0.25) is 5.91 Å². The van der Waals surface area contributed by atoms with Crippen LogP contribution in [0, 0.1) is 5.92 Å². The van der Waals surface area contributed by atoms with Crippen LogP contribution in [0.3, 0.4) is 0 Å². The lowest BCUT2D eigenvalue weighted by Gasteiger charge is -2.30. The van der Waals surface area contributed by atoms with E-state index < -0.39 is 7.05 Å². The summed E-state index contributed by atoms with van der Waals surface area (Å²) in [5, 5.41) is 12.3. The fraction of sp³-hybridized carbons (Fsp3) is 0.900. The molecule has 1 amide bonds. The van der Waals surface area contributed by atoms with Crippen molar-refractivity contribution in [2.24, 2.45) is 5.92 Å². The topological polar surface area (TPSA) is 52.6 Å². The Morgan fingerprint density at radius 1 is 1.33 bits per heavy atom. The Morgan fingerprint density at radius 3 is 2.27 bits per heavy atom. The Balaban J connectivity index is 2.32. The van der Waals surface area contributed by atoms with Gasteiger partial charge in [-0.2, -0.15) is 0 Å². The van der Waals surface area contributed by atoms with E-state index in [9.17, 15) is 9.82 Å². The van der Waals surface area contributed by atoms with Crippen molar-refractivity contribution in [3.05, 3.63) is 0 Å². The van der Waals surface area contributed by atoms with Gasteiger partial charge in [0.05, 0.1) is 0 Å². The van der Waals surface area contributed by atoms with E-state index in [4.69, 9.17) is 0 Å². The summed E-state index contributed by atoms with van der Waals surface area (Å²) in [5.74, 6) is 0.428. The first-order valence-corrected chi connectivity index (χ1v) is 5.66. The second-order valence-corrected chi connectivity index (χ2v) is 4.62. The molecule has 0 bridgehead atoms. The zero-order valence-electron chi connectivity index (χ0n) is 9.86. The van der Waals surface area contributed by atoms with Gasteiger partial charge in [0, 0.05) is 20.0 Å². The molecule has 4 nitrogen and oxygen atoms in total. The summed E-state index contributed by atoms with van der Waals surface area (Å²) in [6.07, 6.45) is 3.83. The first kappa shape index (κ1) is 12.5. The van der Waals surface area contributed by atoms with Crippen molar-refractivity contribution in [2.45, 2.75) is 38.5 Å². The summed E-state index contributed by atoms with van der Waals surface area (Å²) in [6.45, 7) is 1.73. The SMILES string of the molecule is CB(O)NC1CCC(C(=O)N(C)C)CC1. The molecule has 86 valence electrons. The van der Waals surface area contributed by atoms with Crippen molar-refractivity contribution in [1.82, 2.24) is 10.1 Å². The van der Waals surface area contributed by atoms with E-state index in [-0.39, 0.29) is 11.8 Å². The molecule has 2 N–H and O–H groups in total. The Morgan fingerprint density at radius 2 is 1.87 bits per heavy atom. The highest BCUT2D eigenvalue weighted by Crippen LogP contribution is 2.25. The molecule has 1 saturated carbocycles. The van der Waals surface area contributed by atoms with Crippen LogP contribution in [0.4, 0.5) is 0 Å². The molecule has 0 atom stereocenters. The Hall–Kier alpha value is -0.545. The molecule has 1 fully saturated rings. The van der Waals surface area contributed by atoms with Gasteiger partial charge >= 0.3 is 7.05 Å². The van der Waals surface area contributed by atoms with Crippen LogP contribution in [0.5, 0.6) is 0 Å². The van der Waals surface area contributed by atoms with Crippen LogP contribution < -0.4 is 5.23 Å². The molecule has 5 heteroatoms. The van der Waals surface area contributed by atoms with E-state index in [1.54, 1.807) is 11.7 Å². The predicted octanol–water partition coefficient (Wildman–Crippen LogP) is 0.333. The van der Waals surface area contributed by atoms with Crippen molar-refractivity contribution in [1.29, 1.82) is 0 Å². The average Bonchev–Trinajstić information content (AvgIpc) is 2.17. The number of hydrogen-bond donors (Lipinski definition) is 2. The first-order chi connectivity index (χ1) is 7.00. The molecule has 15 heavy (non-hydrogen) atoms. The van der Waals surface area contributed by atoms with Gasteiger partial charge in [-0.15, -0.1) is 0 Å². The Labute approximate surface area is 92.2 Å². The van der Waals surface area contributed by atoms with Gasteiger partial charge in [0.15, 0.2) is 0 Å². The van der Waals surface area contributed by atoms with E-state index in [1.807, 2.05) is 14.1 Å². The van der Waals surface area contributed by atoms with E-state index in [1.165, 1.54) is 0 Å². The second kappa shape index (κ2) is 5.51. The van der Waals surface area contributed by atoms with Crippen molar-refractivity contribution < 1.29 is 9.82 Å². The van der Waals surface area contributed by atoms with Crippen LogP contribution in [0.25, 0.3) is 0 Å². The Bertz CT molecular complexity index is 213. The standard InChI is InChI=1S/C10H21BN2O2/c1-11(15)12-9-6-4-8(5-7-9)10(14)13(2)3/h8-9,12,15H,4-7H2,1-3H3. The highest BCUT2D eigenvalue weighted by atomic mass is 16.2. The fourth-order valence-electron chi connectivity index (χ4n) is 2.21. The maximum absolute atomic E-state index is 11.7. The highest BCUT2D eigenvalue weighted by Gasteiger charge is 2.27. The molecule has 0 aromatic heterocycles. The third-order valence-corrected chi connectivity index (χ3v) is 2.99. The number of rotatable bonds is 3. The molecule has 0 spiro atoms. The predicted molar refractivity (Wildman–Crippen MR) is 61.4 cm³/mol. The maximum Gasteiger partial charge on any atom is 0.373 e. The minimum Gasteiger partial charge on any atom is -0.437 e. The van der Waals surface area contributed by atoms with Crippen LogP contribution >= 0.6 is 0 Å². The van der Waals surface area contributed by atoms with E-state index >= 15 is 0 Å². The Kier molecular flexibility index (Phi) is 4.60. The molecule has 0 saturated heterocycles. The normalized spacial score (nSPS) is 26.1. The summed E-state index contributed by atoms with van der Waals surface area (Å²) >= 11 is 0. The summed E-state index contributed by atoms with van der Waals surface area (Å²) in [5.41, 5.74) is 0. The fourth-order valence-corrected chi connectivity index (χ4v) is 2.21. The molecule has 0 heterocycles. The van der Waals surface area contributed by atoms with Crippen LogP contribution in [-0.4, -0.2) is 43.0 Å². The van der Waals surface area contributed by atoms with Gasteiger partial charge in [0.1, 0.15) is 0 Å². The molecule has 1 aliphatic carbocycles. The largest absolute Gasteiger partial charge is 0.437 e. The van der Waals surface area contributed by atoms with Crippen LogP contribution in [0.2, 0.25) is 6.82 Å². The van der Waals surface area contributed by atoms with Crippen LogP contribution in [0.1, 0.15) is 25.7 Å². The smallest absolute Gasteiger partial charge is 0.373 e. The number of nitrogens with zero attached hydrogens (tertiary/aromatic N) is 1. The number of nitrogens with one attached hydrogen (secondary N) is 1. The molecule has 1 aliphatic rings. The first-order valence-electron chi connectivity index (χ1n) is 5.66.